The maximum absolute atomic E-state index is 12.5. The molecule has 8 heteroatoms. The highest BCUT2D eigenvalue weighted by molar-refractivity contribution is 6.59. The van der Waals surface area contributed by atoms with Crippen molar-refractivity contribution in [2.24, 2.45) is 0 Å². The third kappa shape index (κ3) is 4.34. The van der Waals surface area contributed by atoms with Crippen LogP contribution in [0.25, 0.3) is 0 Å². The Bertz CT molecular complexity index is 684. The van der Waals surface area contributed by atoms with Crippen molar-refractivity contribution < 1.29 is 32.8 Å². The summed E-state index contributed by atoms with van der Waals surface area (Å²) in [5, 5.41) is 18.4. The third-order valence-corrected chi connectivity index (χ3v) is 3.09. The lowest BCUT2D eigenvalue weighted by Gasteiger charge is -2.11. The van der Waals surface area contributed by atoms with E-state index in [2.05, 4.69) is 0 Å². The predicted octanol–water partition coefficient (Wildman–Crippen LogP) is 1.65. The number of Topliss-reactive ketones (excluding diaryl/α,β-unsaturated/α-hetero) is 1. The number of carbonyl (C=O) groups is 1. The van der Waals surface area contributed by atoms with E-state index in [0.717, 1.165) is 24.3 Å². The molecule has 2 aromatic rings. The second-order valence-electron chi connectivity index (χ2n) is 4.70. The van der Waals surface area contributed by atoms with E-state index in [1.807, 2.05) is 0 Å². The maximum atomic E-state index is 12.5. The molecule has 120 valence electrons. The molecule has 0 radical (unpaired) electrons. The molecule has 0 aliphatic carbocycles. The summed E-state index contributed by atoms with van der Waals surface area (Å²) in [6.07, 6.45) is -4.46. The fourth-order valence-electron chi connectivity index (χ4n) is 1.90. The van der Waals surface area contributed by atoms with Crippen LogP contribution in [0.5, 0.6) is 5.75 Å². The molecule has 0 atom stereocenters. The maximum Gasteiger partial charge on any atom is 0.492 e. The quantitative estimate of drug-likeness (QED) is 0.648. The normalized spacial score (nSPS) is 11.2. The molecule has 0 aromatic heterocycles. The van der Waals surface area contributed by atoms with Crippen molar-refractivity contribution in [1.29, 1.82) is 0 Å². The number of rotatable bonds is 5. The number of carbonyl (C=O) groups excluding carboxylic acids is 1. The van der Waals surface area contributed by atoms with Crippen LogP contribution in [0.3, 0.4) is 0 Å². The molecule has 0 saturated heterocycles. The van der Waals surface area contributed by atoms with Gasteiger partial charge in [0.2, 0.25) is 0 Å². The second kappa shape index (κ2) is 6.85. The van der Waals surface area contributed by atoms with E-state index in [4.69, 9.17) is 4.74 Å². The standard InChI is InChI=1S/C15H12BF3O4/c17-15(18,19)11-7-5-10(6-8-11)13(20)9-23-14-4-2-1-3-12(14)16(21)22/h1-8,21-22H,9H2. The van der Waals surface area contributed by atoms with Crippen LogP contribution in [0.15, 0.2) is 48.5 Å². The summed E-state index contributed by atoms with van der Waals surface area (Å²) in [5.41, 5.74) is -0.684. The molecular weight excluding hydrogens is 312 g/mol. The number of para-hydroxylation sites is 1. The lowest BCUT2D eigenvalue weighted by molar-refractivity contribution is -0.137. The molecule has 2 aromatic carbocycles. The van der Waals surface area contributed by atoms with Gasteiger partial charge in [-0.25, -0.2) is 0 Å². The molecule has 0 amide bonds. The molecule has 0 bridgehead atoms. The Morgan fingerprint density at radius 3 is 2.22 bits per heavy atom. The molecule has 2 rings (SSSR count). The first-order valence-corrected chi connectivity index (χ1v) is 6.57. The van der Waals surface area contributed by atoms with Crippen LogP contribution < -0.4 is 10.2 Å². The highest BCUT2D eigenvalue weighted by atomic mass is 19.4. The molecule has 2 N–H and O–H groups in total. The Morgan fingerprint density at radius 2 is 1.65 bits per heavy atom. The zero-order chi connectivity index (χ0) is 17.0. The number of hydrogen-bond acceptors (Lipinski definition) is 4. The zero-order valence-corrected chi connectivity index (χ0v) is 11.7. The Balaban J connectivity index is 2.06. The summed E-state index contributed by atoms with van der Waals surface area (Å²) in [4.78, 5) is 11.9. The summed E-state index contributed by atoms with van der Waals surface area (Å²) in [6, 6.07) is 9.81. The monoisotopic (exact) mass is 324 g/mol. The summed E-state index contributed by atoms with van der Waals surface area (Å²) < 4.78 is 42.6. The van der Waals surface area contributed by atoms with Gasteiger partial charge in [-0.05, 0) is 18.2 Å². The molecule has 0 unspecified atom stereocenters. The number of benzene rings is 2. The van der Waals surface area contributed by atoms with Crippen LogP contribution in [0.2, 0.25) is 0 Å². The van der Waals surface area contributed by atoms with Crippen molar-refractivity contribution in [3.8, 4) is 5.75 Å². The van der Waals surface area contributed by atoms with Crippen molar-refractivity contribution in [2.45, 2.75) is 6.18 Å². The topological polar surface area (TPSA) is 66.8 Å². The van der Waals surface area contributed by atoms with Gasteiger partial charge >= 0.3 is 13.3 Å². The Kier molecular flexibility index (Phi) is 5.07. The van der Waals surface area contributed by atoms with E-state index in [1.165, 1.54) is 12.1 Å². The largest absolute Gasteiger partial charge is 0.492 e. The van der Waals surface area contributed by atoms with Gasteiger partial charge in [-0.1, -0.05) is 30.3 Å². The van der Waals surface area contributed by atoms with Gasteiger partial charge in [-0.15, -0.1) is 0 Å². The number of halogens is 3. The van der Waals surface area contributed by atoms with Crippen molar-refractivity contribution >= 4 is 18.4 Å². The molecule has 0 aliphatic rings. The van der Waals surface area contributed by atoms with E-state index in [0.29, 0.717) is 0 Å². The van der Waals surface area contributed by atoms with Crippen LogP contribution in [-0.2, 0) is 6.18 Å². The molecule has 0 fully saturated rings. The first-order chi connectivity index (χ1) is 10.8. The van der Waals surface area contributed by atoms with Crippen LogP contribution in [0, 0.1) is 0 Å². The minimum atomic E-state index is -4.46. The van der Waals surface area contributed by atoms with Crippen LogP contribution in [0.1, 0.15) is 15.9 Å². The summed E-state index contributed by atoms with van der Waals surface area (Å²) in [5.74, 6) is -0.413. The minimum absolute atomic E-state index is 0.0695. The smallest absolute Gasteiger partial charge is 0.486 e. The SMILES string of the molecule is O=C(COc1ccccc1B(O)O)c1ccc(C(F)(F)F)cc1. The van der Waals surface area contributed by atoms with Crippen molar-refractivity contribution in [1.82, 2.24) is 0 Å². The van der Waals surface area contributed by atoms with Gasteiger partial charge in [-0.3, -0.25) is 4.79 Å². The second-order valence-corrected chi connectivity index (χ2v) is 4.70. The van der Waals surface area contributed by atoms with E-state index >= 15 is 0 Å². The minimum Gasteiger partial charge on any atom is -0.486 e. The van der Waals surface area contributed by atoms with Gasteiger partial charge in [0.05, 0.1) is 5.56 Å². The van der Waals surface area contributed by atoms with Crippen molar-refractivity contribution in [3.05, 3.63) is 59.7 Å². The summed E-state index contributed by atoms with van der Waals surface area (Å²) in [6.45, 7) is -0.435. The Hall–Kier alpha value is -2.32. The highest BCUT2D eigenvalue weighted by Crippen LogP contribution is 2.29. The first-order valence-electron chi connectivity index (χ1n) is 6.57. The van der Waals surface area contributed by atoms with Gasteiger partial charge < -0.3 is 14.8 Å². The van der Waals surface area contributed by atoms with Gasteiger partial charge in [0.15, 0.2) is 12.4 Å². The fourth-order valence-corrected chi connectivity index (χ4v) is 1.90. The lowest BCUT2D eigenvalue weighted by Crippen LogP contribution is -2.32. The number of ketones is 1. The molecule has 0 spiro atoms. The van der Waals surface area contributed by atoms with Crippen LogP contribution >= 0.6 is 0 Å². The van der Waals surface area contributed by atoms with E-state index < -0.39 is 31.2 Å². The summed E-state index contributed by atoms with van der Waals surface area (Å²) in [7, 11) is -1.76. The lowest BCUT2D eigenvalue weighted by atomic mass is 9.79. The third-order valence-electron chi connectivity index (χ3n) is 3.09. The van der Waals surface area contributed by atoms with Gasteiger partial charge in [0, 0.05) is 11.0 Å². The van der Waals surface area contributed by atoms with E-state index in [1.54, 1.807) is 12.1 Å². The average molecular weight is 324 g/mol. The first kappa shape index (κ1) is 17.0. The highest BCUT2D eigenvalue weighted by Gasteiger charge is 2.30. The van der Waals surface area contributed by atoms with Gasteiger partial charge in [0.25, 0.3) is 0 Å². The molecular formula is C15H12BF3O4. The van der Waals surface area contributed by atoms with Gasteiger partial charge in [-0.2, -0.15) is 13.2 Å². The molecule has 4 nitrogen and oxygen atoms in total. The molecule has 0 aliphatic heterocycles. The summed E-state index contributed by atoms with van der Waals surface area (Å²) >= 11 is 0. The Labute approximate surface area is 130 Å². The number of hydrogen-bond donors (Lipinski definition) is 2. The Morgan fingerprint density at radius 1 is 1.04 bits per heavy atom. The van der Waals surface area contributed by atoms with E-state index in [9.17, 15) is 28.0 Å². The zero-order valence-electron chi connectivity index (χ0n) is 11.7. The number of alkyl halides is 3. The molecule has 23 heavy (non-hydrogen) atoms. The van der Waals surface area contributed by atoms with Gasteiger partial charge in [0.1, 0.15) is 5.75 Å². The predicted molar refractivity (Wildman–Crippen MR) is 77.5 cm³/mol. The van der Waals surface area contributed by atoms with Crippen molar-refractivity contribution in [3.63, 3.8) is 0 Å². The van der Waals surface area contributed by atoms with Crippen molar-refractivity contribution in [2.75, 3.05) is 6.61 Å². The van der Waals surface area contributed by atoms with Crippen LogP contribution in [-0.4, -0.2) is 29.6 Å². The fraction of sp³-hybridized carbons (Fsp3) is 0.133. The number of ether oxygens (including phenoxy) is 1. The van der Waals surface area contributed by atoms with E-state index in [-0.39, 0.29) is 16.8 Å². The molecule has 0 saturated carbocycles. The average Bonchev–Trinajstić information content (AvgIpc) is 2.52. The van der Waals surface area contributed by atoms with Crippen LogP contribution in [0.4, 0.5) is 13.2 Å². The molecule has 0 heterocycles.